The minimum atomic E-state index is -0.275. The van der Waals surface area contributed by atoms with Crippen molar-refractivity contribution in [2.45, 2.75) is 6.92 Å². The van der Waals surface area contributed by atoms with Gasteiger partial charge in [0.25, 0.3) is 0 Å². The number of H-pyrrole nitrogens is 1. The lowest BCUT2D eigenvalue weighted by Gasteiger charge is -2.01. The summed E-state index contributed by atoms with van der Waals surface area (Å²) in [6.45, 7) is 1.88. The van der Waals surface area contributed by atoms with Gasteiger partial charge in [-0.15, -0.1) is 11.6 Å². The fraction of sp³-hybridized carbons (Fsp3) is 0.182. The van der Waals surface area contributed by atoms with Gasteiger partial charge >= 0.3 is 0 Å². The number of nitrogens with zero attached hydrogens (tertiary/aromatic N) is 2. The molecular formula is C11H11ClN4O. The molecule has 0 radical (unpaired) electrons. The van der Waals surface area contributed by atoms with E-state index in [2.05, 4.69) is 20.5 Å². The molecule has 0 saturated heterocycles. The maximum Gasteiger partial charge on any atom is 0.240 e. The number of halogens is 1. The average molecular weight is 251 g/mol. The maximum absolute atomic E-state index is 11.2. The fourth-order valence-electron chi connectivity index (χ4n) is 1.48. The van der Waals surface area contributed by atoms with E-state index in [4.69, 9.17) is 11.6 Å². The van der Waals surface area contributed by atoms with Gasteiger partial charge in [-0.3, -0.25) is 14.9 Å². The summed E-state index contributed by atoms with van der Waals surface area (Å²) in [5.74, 6) is 0.140. The smallest absolute Gasteiger partial charge is 0.240 e. The van der Waals surface area contributed by atoms with Crippen molar-refractivity contribution >= 4 is 23.3 Å². The van der Waals surface area contributed by atoms with Crippen LogP contribution < -0.4 is 5.32 Å². The van der Waals surface area contributed by atoms with E-state index in [-0.39, 0.29) is 11.8 Å². The van der Waals surface area contributed by atoms with E-state index in [1.165, 1.54) is 0 Å². The molecule has 0 aliphatic heterocycles. The number of nitrogens with one attached hydrogen (secondary N) is 2. The van der Waals surface area contributed by atoms with Gasteiger partial charge in [0.05, 0.1) is 5.69 Å². The Bertz CT molecular complexity index is 524. The quantitative estimate of drug-likeness (QED) is 0.818. The normalized spacial score (nSPS) is 10.2. The molecule has 0 fully saturated rings. The molecule has 2 aromatic rings. The highest BCUT2D eigenvalue weighted by Gasteiger charge is 2.12. The Hall–Kier alpha value is -1.88. The molecule has 2 heterocycles. The number of hydrogen-bond donors (Lipinski definition) is 2. The summed E-state index contributed by atoms with van der Waals surface area (Å²) in [6, 6.07) is 3.74. The minimum Gasteiger partial charge on any atom is -0.308 e. The highest BCUT2D eigenvalue weighted by atomic mass is 35.5. The van der Waals surface area contributed by atoms with Gasteiger partial charge in [-0.25, -0.2) is 0 Å². The molecule has 2 N–H and O–H groups in total. The van der Waals surface area contributed by atoms with Crippen LogP contribution in [-0.4, -0.2) is 27.0 Å². The molecular weight excluding hydrogens is 240 g/mol. The molecule has 2 aromatic heterocycles. The van der Waals surface area contributed by atoms with Crippen molar-refractivity contribution in [1.82, 2.24) is 15.2 Å². The number of anilines is 1. The summed E-state index contributed by atoms with van der Waals surface area (Å²) in [7, 11) is 0. The van der Waals surface area contributed by atoms with E-state index in [1.54, 1.807) is 12.4 Å². The summed E-state index contributed by atoms with van der Waals surface area (Å²) >= 11 is 5.42. The predicted molar refractivity (Wildman–Crippen MR) is 65.9 cm³/mol. The zero-order valence-electron chi connectivity index (χ0n) is 9.20. The maximum atomic E-state index is 11.2. The van der Waals surface area contributed by atoms with Crippen LogP contribution in [0, 0.1) is 6.92 Å². The first-order chi connectivity index (χ1) is 8.22. The van der Waals surface area contributed by atoms with Crippen molar-refractivity contribution in [1.29, 1.82) is 0 Å². The van der Waals surface area contributed by atoms with Crippen LogP contribution in [0.25, 0.3) is 11.3 Å². The number of aromatic nitrogens is 3. The van der Waals surface area contributed by atoms with E-state index >= 15 is 0 Å². The molecule has 5 nitrogen and oxygen atoms in total. The SMILES string of the molecule is Cc1c(NC(=O)CCl)n[nH]c1-c1ccncc1. The molecule has 0 saturated carbocycles. The lowest BCUT2D eigenvalue weighted by Crippen LogP contribution is -2.13. The summed E-state index contributed by atoms with van der Waals surface area (Å²) < 4.78 is 0. The third-order valence-electron chi connectivity index (χ3n) is 2.36. The Morgan fingerprint density at radius 3 is 2.82 bits per heavy atom. The van der Waals surface area contributed by atoms with Crippen LogP contribution in [-0.2, 0) is 4.79 Å². The standard InChI is InChI=1S/C11H11ClN4O/c1-7-10(8-2-4-13-5-3-8)15-16-11(7)14-9(17)6-12/h2-5H,6H2,1H3,(H2,14,15,16,17). The number of alkyl halides is 1. The van der Waals surface area contributed by atoms with Crippen LogP contribution in [0.2, 0.25) is 0 Å². The Labute approximate surface area is 103 Å². The number of amides is 1. The lowest BCUT2D eigenvalue weighted by atomic mass is 10.1. The van der Waals surface area contributed by atoms with Crippen LogP contribution in [0.1, 0.15) is 5.56 Å². The lowest BCUT2D eigenvalue weighted by molar-refractivity contribution is -0.113. The molecule has 1 amide bonds. The van der Waals surface area contributed by atoms with Crippen molar-refractivity contribution in [2.24, 2.45) is 0 Å². The van der Waals surface area contributed by atoms with Gasteiger partial charge in [-0.1, -0.05) is 0 Å². The van der Waals surface area contributed by atoms with E-state index in [0.717, 1.165) is 16.8 Å². The average Bonchev–Trinajstić information content (AvgIpc) is 2.72. The highest BCUT2D eigenvalue weighted by Crippen LogP contribution is 2.24. The third-order valence-corrected chi connectivity index (χ3v) is 2.60. The first kappa shape index (κ1) is 11.6. The predicted octanol–water partition coefficient (Wildman–Crippen LogP) is 1.96. The molecule has 0 atom stereocenters. The van der Waals surface area contributed by atoms with Gasteiger partial charge in [0.1, 0.15) is 5.88 Å². The first-order valence-electron chi connectivity index (χ1n) is 5.03. The largest absolute Gasteiger partial charge is 0.308 e. The van der Waals surface area contributed by atoms with Crippen molar-refractivity contribution in [3.05, 3.63) is 30.1 Å². The fourth-order valence-corrected chi connectivity index (χ4v) is 1.55. The molecule has 2 rings (SSSR count). The molecule has 88 valence electrons. The molecule has 0 aliphatic carbocycles. The number of carbonyl (C=O) groups excluding carboxylic acids is 1. The summed E-state index contributed by atoms with van der Waals surface area (Å²) in [5, 5.41) is 9.55. The van der Waals surface area contributed by atoms with Crippen molar-refractivity contribution in [3.8, 4) is 11.3 Å². The molecule has 6 heteroatoms. The Morgan fingerprint density at radius 1 is 1.47 bits per heavy atom. The molecule has 0 unspecified atom stereocenters. The van der Waals surface area contributed by atoms with E-state index in [0.29, 0.717) is 5.82 Å². The molecule has 0 aliphatic rings. The van der Waals surface area contributed by atoms with E-state index in [1.807, 2.05) is 19.1 Å². The van der Waals surface area contributed by atoms with Crippen LogP contribution in [0.4, 0.5) is 5.82 Å². The van der Waals surface area contributed by atoms with Gasteiger partial charge < -0.3 is 5.32 Å². The number of hydrogen-bond acceptors (Lipinski definition) is 3. The Kier molecular flexibility index (Phi) is 3.39. The first-order valence-corrected chi connectivity index (χ1v) is 5.57. The van der Waals surface area contributed by atoms with Crippen LogP contribution in [0.5, 0.6) is 0 Å². The van der Waals surface area contributed by atoms with Crippen LogP contribution in [0.15, 0.2) is 24.5 Å². The molecule has 0 spiro atoms. The second-order valence-electron chi connectivity index (χ2n) is 3.49. The third kappa shape index (κ3) is 2.45. The zero-order valence-corrected chi connectivity index (χ0v) is 9.95. The highest BCUT2D eigenvalue weighted by molar-refractivity contribution is 6.29. The Balaban J connectivity index is 2.30. The number of pyridine rings is 1. The molecule has 17 heavy (non-hydrogen) atoms. The van der Waals surface area contributed by atoms with Crippen molar-refractivity contribution in [2.75, 3.05) is 11.2 Å². The topological polar surface area (TPSA) is 70.7 Å². The van der Waals surface area contributed by atoms with Gasteiger partial charge in [0, 0.05) is 23.5 Å². The van der Waals surface area contributed by atoms with E-state index < -0.39 is 0 Å². The minimum absolute atomic E-state index is 0.0864. The van der Waals surface area contributed by atoms with Gasteiger partial charge in [0.15, 0.2) is 5.82 Å². The molecule has 0 bridgehead atoms. The van der Waals surface area contributed by atoms with Crippen LogP contribution in [0.3, 0.4) is 0 Å². The monoisotopic (exact) mass is 250 g/mol. The molecule has 0 aromatic carbocycles. The number of rotatable bonds is 3. The van der Waals surface area contributed by atoms with Crippen molar-refractivity contribution < 1.29 is 4.79 Å². The number of aromatic amines is 1. The zero-order chi connectivity index (χ0) is 12.3. The summed E-state index contributed by atoms with van der Waals surface area (Å²) in [6.07, 6.45) is 3.40. The van der Waals surface area contributed by atoms with Gasteiger partial charge in [-0.2, -0.15) is 5.10 Å². The van der Waals surface area contributed by atoms with Gasteiger partial charge in [-0.05, 0) is 19.1 Å². The summed E-state index contributed by atoms with van der Waals surface area (Å²) in [4.78, 5) is 15.1. The Morgan fingerprint density at radius 2 is 2.18 bits per heavy atom. The van der Waals surface area contributed by atoms with Gasteiger partial charge in [0.2, 0.25) is 5.91 Å². The van der Waals surface area contributed by atoms with Crippen LogP contribution >= 0.6 is 11.6 Å². The summed E-state index contributed by atoms with van der Waals surface area (Å²) in [5.41, 5.74) is 2.70. The number of carbonyl (C=O) groups is 1. The van der Waals surface area contributed by atoms with E-state index in [9.17, 15) is 4.79 Å². The second-order valence-corrected chi connectivity index (χ2v) is 3.76. The van der Waals surface area contributed by atoms with Crippen molar-refractivity contribution in [3.63, 3.8) is 0 Å². The second kappa shape index (κ2) is 4.97.